The lowest BCUT2D eigenvalue weighted by Crippen LogP contribution is -2.32. The van der Waals surface area contributed by atoms with Gasteiger partial charge in [-0.25, -0.2) is 22.6 Å². The second-order valence-corrected chi connectivity index (χ2v) is 7.83. The maximum Gasteiger partial charge on any atom is 0.319 e. The van der Waals surface area contributed by atoms with Gasteiger partial charge in [0, 0.05) is 23.4 Å². The Kier molecular flexibility index (Phi) is 6.63. The number of carbonyl (C=O) groups excluding carboxylic acids is 1. The number of alkyl halides is 2. The molecule has 0 fully saturated rings. The molecule has 0 bridgehead atoms. The summed E-state index contributed by atoms with van der Waals surface area (Å²) in [7, 11) is 0. The summed E-state index contributed by atoms with van der Waals surface area (Å²) >= 11 is 0. The topological polar surface area (TPSA) is 59.0 Å². The van der Waals surface area contributed by atoms with Gasteiger partial charge in [-0.3, -0.25) is 0 Å². The highest BCUT2D eigenvalue weighted by Crippen LogP contribution is 2.35. The Hall–Kier alpha value is -3.81. The standard InChI is InChI=1S/C25H23F3N4O/c1-16-4-2-6-19(17-8-10-20(26)11-9-17)15-32-24(16)22(13-30-32)18-5-3-7-21(12-18)31-25(33)29-14-23(27)28/h2-3,5-13,15-16,23H,4,14H2,1H3,(H2,29,31,33)/b6-2+,19-15+. The van der Waals surface area contributed by atoms with Crippen LogP contribution in [0.1, 0.15) is 30.5 Å². The van der Waals surface area contributed by atoms with Crippen molar-refractivity contribution in [1.82, 2.24) is 15.1 Å². The molecule has 1 aliphatic heterocycles. The van der Waals surface area contributed by atoms with Gasteiger partial charge in [0.2, 0.25) is 0 Å². The molecule has 0 spiro atoms. The van der Waals surface area contributed by atoms with E-state index in [0.29, 0.717) is 5.69 Å². The maximum atomic E-state index is 13.4. The highest BCUT2D eigenvalue weighted by Gasteiger charge is 2.19. The smallest absolute Gasteiger partial charge is 0.319 e. The monoisotopic (exact) mass is 452 g/mol. The number of hydrogen-bond acceptors (Lipinski definition) is 2. The average molecular weight is 452 g/mol. The zero-order valence-electron chi connectivity index (χ0n) is 17.9. The molecule has 2 heterocycles. The van der Waals surface area contributed by atoms with Crippen LogP contribution in [0.25, 0.3) is 22.9 Å². The summed E-state index contributed by atoms with van der Waals surface area (Å²) < 4.78 is 39.8. The van der Waals surface area contributed by atoms with Gasteiger partial charge in [-0.05, 0) is 47.4 Å². The van der Waals surface area contributed by atoms with E-state index >= 15 is 0 Å². The SMILES string of the molecule is CC1C/C=C/C(c2ccc(F)cc2)=C\n2ncc(-c3cccc(NC(=O)NCC(F)F)c3)c21. The van der Waals surface area contributed by atoms with E-state index in [4.69, 9.17) is 0 Å². The minimum Gasteiger partial charge on any atom is -0.332 e. The molecular weight excluding hydrogens is 429 g/mol. The van der Waals surface area contributed by atoms with E-state index in [9.17, 15) is 18.0 Å². The zero-order valence-corrected chi connectivity index (χ0v) is 17.9. The molecule has 0 aliphatic carbocycles. The molecule has 0 radical (unpaired) electrons. The van der Waals surface area contributed by atoms with Gasteiger partial charge in [-0.1, -0.05) is 43.3 Å². The van der Waals surface area contributed by atoms with Crippen LogP contribution in [0, 0.1) is 5.82 Å². The first-order valence-electron chi connectivity index (χ1n) is 10.6. The first kappa shape index (κ1) is 22.4. The highest BCUT2D eigenvalue weighted by molar-refractivity contribution is 5.90. The number of amides is 2. The molecule has 3 aromatic rings. The van der Waals surface area contributed by atoms with Gasteiger partial charge >= 0.3 is 6.03 Å². The van der Waals surface area contributed by atoms with E-state index in [1.54, 1.807) is 36.5 Å². The number of nitrogens with one attached hydrogen (secondary N) is 2. The Labute approximate surface area is 189 Å². The largest absolute Gasteiger partial charge is 0.332 e. The molecule has 33 heavy (non-hydrogen) atoms. The predicted octanol–water partition coefficient (Wildman–Crippen LogP) is 6.14. The molecule has 2 N–H and O–H groups in total. The van der Waals surface area contributed by atoms with Crippen LogP contribution in [0.5, 0.6) is 0 Å². The zero-order chi connectivity index (χ0) is 23.4. The van der Waals surface area contributed by atoms with E-state index in [0.717, 1.165) is 34.4 Å². The molecule has 8 heteroatoms. The van der Waals surface area contributed by atoms with Crippen LogP contribution in [0.3, 0.4) is 0 Å². The van der Waals surface area contributed by atoms with Crippen molar-refractivity contribution in [3.05, 3.63) is 84.0 Å². The van der Waals surface area contributed by atoms with Crippen molar-refractivity contribution < 1.29 is 18.0 Å². The fourth-order valence-electron chi connectivity index (χ4n) is 3.80. The summed E-state index contributed by atoms with van der Waals surface area (Å²) in [5.41, 5.74) is 5.02. The maximum absolute atomic E-state index is 13.4. The molecule has 2 amide bonds. The molecule has 5 nitrogen and oxygen atoms in total. The van der Waals surface area contributed by atoms with Gasteiger partial charge in [0.15, 0.2) is 0 Å². The van der Waals surface area contributed by atoms with E-state index in [-0.39, 0.29) is 11.7 Å². The summed E-state index contributed by atoms with van der Waals surface area (Å²) in [6.45, 7) is 1.40. The summed E-state index contributed by atoms with van der Waals surface area (Å²) in [4.78, 5) is 11.9. The van der Waals surface area contributed by atoms with E-state index in [2.05, 4.69) is 28.7 Å². The number of benzene rings is 2. The Morgan fingerprint density at radius 2 is 1.97 bits per heavy atom. The van der Waals surface area contributed by atoms with Crippen molar-refractivity contribution in [2.45, 2.75) is 25.7 Å². The third-order valence-electron chi connectivity index (χ3n) is 5.38. The second kappa shape index (κ2) is 9.77. The quantitative estimate of drug-likeness (QED) is 0.489. The summed E-state index contributed by atoms with van der Waals surface area (Å²) in [5, 5.41) is 9.27. The first-order chi connectivity index (χ1) is 15.9. The van der Waals surface area contributed by atoms with Crippen LogP contribution in [0.2, 0.25) is 0 Å². The predicted molar refractivity (Wildman–Crippen MR) is 123 cm³/mol. The van der Waals surface area contributed by atoms with Crippen molar-refractivity contribution in [3.8, 4) is 11.1 Å². The van der Waals surface area contributed by atoms with Gasteiger partial charge in [-0.15, -0.1) is 0 Å². The number of urea groups is 1. The fourth-order valence-corrected chi connectivity index (χ4v) is 3.80. The van der Waals surface area contributed by atoms with E-state index < -0.39 is 19.0 Å². The van der Waals surface area contributed by atoms with Gasteiger partial charge in [0.25, 0.3) is 6.43 Å². The number of carbonyl (C=O) groups is 1. The molecule has 1 aliphatic rings. The number of anilines is 1. The van der Waals surface area contributed by atoms with Crippen molar-refractivity contribution in [3.63, 3.8) is 0 Å². The molecule has 4 rings (SSSR count). The highest BCUT2D eigenvalue weighted by atomic mass is 19.3. The van der Waals surface area contributed by atoms with Crippen LogP contribution in [0.15, 0.2) is 66.9 Å². The van der Waals surface area contributed by atoms with Crippen LogP contribution in [-0.4, -0.2) is 28.8 Å². The van der Waals surface area contributed by atoms with Crippen LogP contribution >= 0.6 is 0 Å². The fraction of sp³-hybridized carbons (Fsp3) is 0.200. The minimum atomic E-state index is -2.61. The third-order valence-corrected chi connectivity index (χ3v) is 5.38. The van der Waals surface area contributed by atoms with Crippen molar-refractivity contribution in [2.24, 2.45) is 0 Å². The summed E-state index contributed by atoms with van der Waals surface area (Å²) in [6, 6.07) is 12.8. The Bertz CT molecular complexity index is 1200. The Morgan fingerprint density at radius 3 is 2.73 bits per heavy atom. The number of halogens is 3. The van der Waals surface area contributed by atoms with Gasteiger partial charge < -0.3 is 10.6 Å². The summed E-state index contributed by atoms with van der Waals surface area (Å²) in [5.74, 6) is -0.128. The lowest BCUT2D eigenvalue weighted by atomic mass is 9.94. The average Bonchev–Trinajstić information content (AvgIpc) is 3.19. The van der Waals surface area contributed by atoms with Gasteiger partial charge in [0.05, 0.1) is 18.4 Å². The van der Waals surface area contributed by atoms with Crippen molar-refractivity contribution in [1.29, 1.82) is 0 Å². The molecule has 2 aromatic carbocycles. The van der Waals surface area contributed by atoms with Crippen LogP contribution in [-0.2, 0) is 0 Å². The molecule has 1 unspecified atom stereocenters. The lowest BCUT2D eigenvalue weighted by Gasteiger charge is -2.17. The molecule has 1 aromatic heterocycles. The first-order valence-corrected chi connectivity index (χ1v) is 10.6. The number of aromatic nitrogens is 2. The molecular formula is C25H23F3N4O. The van der Waals surface area contributed by atoms with Crippen LogP contribution in [0.4, 0.5) is 23.7 Å². The van der Waals surface area contributed by atoms with Gasteiger partial charge in [0.1, 0.15) is 5.82 Å². The minimum absolute atomic E-state index is 0.163. The third kappa shape index (κ3) is 5.34. The normalized spacial score (nSPS) is 18.0. The Morgan fingerprint density at radius 1 is 1.18 bits per heavy atom. The number of rotatable bonds is 5. The molecule has 1 atom stereocenters. The second-order valence-electron chi connectivity index (χ2n) is 7.83. The summed E-state index contributed by atoms with van der Waals surface area (Å²) in [6.07, 6.45) is 5.95. The molecule has 170 valence electrons. The lowest BCUT2D eigenvalue weighted by molar-refractivity contribution is 0.148. The number of nitrogens with zero attached hydrogens (tertiary/aromatic N) is 2. The van der Waals surface area contributed by atoms with Crippen molar-refractivity contribution >= 4 is 23.5 Å². The van der Waals surface area contributed by atoms with Gasteiger partial charge in [-0.2, -0.15) is 5.10 Å². The molecule has 0 saturated heterocycles. The number of hydrogen-bond donors (Lipinski definition) is 2. The Balaban J connectivity index is 1.65. The van der Waals surface area contributed by atoms with Crippen LogP contribution < -0.4 is 10.6 Å². The number of allylic oxidation sites excluding steroid dienone is 3. The van der Waals surface area contributed by atoms with E-state index in [1.807, 2.05) is 23.0 Å². The molecule has 0 saturated carbocycles. The number of fused-ring (bicyclic) bond motifs is 1. The van der Waals surface area contributed by atoms with Crippen molar-refractivity contribution in [2.75, 3.05) is 11.9 Å². The van der Waals surface area contributed by atoms with E-state index in [1.165, 1.54) is 12.1 Å².